The van der Waals surface area contributed by atoms with E-state index in [1.54, 1.807) is 7.11 Å². The van der Waals surface area contributed by atoms with Crippen molar-refractivity contribution in [2.75, 3.05) is 51.9 Å². The van der Waals surface area contributed by atoms with Crippen molar-refractivity contribution in [2.45, 2.75) is 13.3 Å². The highest BCUT2D eigenvalue weighted by Crippen LogP contribution is 2.30. The molecule has 1 aliphatic heterocycles. The van der Waals surface area contributed by atoms with Crippen LogP contribution >= 0.6 is 0 Å². The van der Waals surface area contributed by atoms with Gasteiger partial charge in [-0.25, -0.2) is 0 Å². The van der Waals surface area contributed by atoms with Crippen LogP contribution in [0.4, 0.5) is 5.69 Å². The standard InChI is InChI=1S/C16H26N2O2/c1-4-17-11-16(9-10-20-13-16)12-18(2)14-5-7-15(19-3)8-6-14/h5-8,17H,4,9-13H2,1-3H3. The Labute approximate surface area is 122 Å². The van der Waals surface area contributed by atoms with E-state index >= 15 is 0 Å². The molecule has 1 N–H and O–H groups in total. The molecule has 20 heavy (non-hydrogen) atoms. The summed E-state index contributed by atoms with van der Waals surface area (Å²) in [5.41, 5.74) is 1.44. The molecule has 4 heteroatoms. The van der Waals surface area contributed by atoms with Crippen LogP contribution in [0, 0.1) is 5.41 Å². The van der Waals surface area contributed by atoms with Gasteiger partial charge in [-0.15, -0.1) is 0 Å². The molecule has 0 aromatic heterocycles. The van der Waals surface area contributed by atoms with E-state index < -0.39 is 0 Å². The molecular formula is C16H26N2O2. The summed E-state index contributed by atoms with van der Waals surface area (Å²) in [4.78, 5) is 2.31. The van der Waals surface area contributed by atoms with Crippen LogP contribution in [0.5, 0.6) is 5.75 Å². The highest BCUT2D eigenvalue weighted by Gasteiger charge is 2.35. The van der Waals surface area contributed by atoms with E-state index in [-0.39, 0.29) is 5.41 Å². The first-order valence-corrected chi connectivity index (χ1v) is 7.33. The fraction of sp³-hybridized carbons (Fsp3) is 0.625. The van der Waals surface area contributed by atoms with Crippen LogP contribution in [0.15, 0.2) is 24.3 Å². The summed E-state index contributed by atoms with van der Waals surface area (Å²) >= 11 is 0. The van der Waals surface area contributed by atoms with Crippen LogP contribution in [-0.4, -0.2) is 47.0 Å². The van der Waals surface area contributed by atoms with Crippen molar-refractivity contribution in [3.8, 4) is 5.75 Å². The van der Waals surface area contributed by atoms with Crippen molar-refractivity contribution in [3.05, 3.63) is 24.3 Å². The predicted octanol–water partition coefficient (Wildman–Crippen LogP) is 2.15. The molecule has 0 spiro atoms. The first-order chi connectivity index (χ1) is 9.69. The Morgan fingerprint density at radius 1 is 1.35 bits per heavy atom. The van der Waals surface area contributed by atoms with E-state index in [0.29, 0.717) is 0 Å². The number of nitrogens with one attached hydrogen (secondary N) is 1. The monoisotopic (exact) mass is 278 g/mol. The Kier molecular flexibility index (Phi) is 5.26. The lowest BCUT2D eigenvalue weighted by Gasteiger charge is -2.33. The molecule has 1 fully saturated rings. The average molecular weight is 278 g/mol. The van der Waals surface area contributed by atoms with Gasteiger partial charge in [0.1, 0.15) is 5.75 Å². The number of hydrogen-bond donors (Lipinski definition) is 1. The molecule has 0 aliphatic carbocycles. The molecule has 0 saturated carbocycles. The summed E-state index contributed by atoms with van der Waals surface area (Å²) in [6.07, 6.45) is 1.13. The lowest BCUT2D eigenvalue weighted by molar-refractivity contribution is 0.153. The van der Waals surface area contributed by atoms with Crippen LogP contribution in [0.25, 0.3) is 0 Å². The average Bonchev–Trinajstić information content (AvgIpc) is 2.94. The Morgan fingerprint density at radius 3 is 2.65 bits per heavy atom. The van der Waals surface area contributed by atoms with Crippen molar-refractivity contribution in [3.63, 3.8) is 0 Å². The predicted molar refractivity (Wildman–Crippen MR) is 82.7 cm³/mol. The van der Waals surface area contributed by atoms with Gasteiger partial charge in [0.25, 0.3) is 0 Å². The van der Waals surface area contributed by atoms with Gasteiger partial charge >= 0.3 is 0 Å². The second-order valence-electron chi connectivity index (χ2n) is 5.64. The number of nitrogens with zero attached hydrogens (tertiary/aromatic N) is 1. The lowest BCUT2D eigenvalue weighted by Crippen LogP contribution is -2.43. The van der Waals surface area contributed by atoms with Crippen LogP contribution in [-0.2, 0) is 4.74 Å². The van der Waals surface area contributed by atoms with Gasteiger partial charge in [-0.2, -0.15) is 0 Å². The van der Waals surface area contributed by atoms with Gasteiger partial charge in [-0.1, -0.05) is 6.92 Å². The third-order valence-electron chi connectivity index (χ3n) is 4.02. The molecule has 1 atom stereocenters. The Bertz CT molecular complexity index is 399. The largest absolute Gasteiger partial charge is 0.497 e. The van der Waals surface area contributed by atoms with E-state index in [1.807, 2.05) is 12.1 Å². The number of benzene rings is 1. The summed E-state index contributed by atoms with van der Waals surface area (Å²) in [5, 5.41) is 3.48. The first-order valence-electron chi connectivity index (χ1n) is 7.33. The summed E-state index contributed by atoms with van der Waals surface area (Å²) in [6.45, 7) is 6.91. The first kappa shape index (κ1) is 15.1. The minimum absolute atomic E-state index is 0.227. The highest BCUT2D eigenvalue weighted by atomic mass is 16.5. The van der Waals surface area contributed by atoms with E-state index in [4.69, 9.17) is 9.47 Å². The minimum atomic E-state index is 0.227. The summed E-state index contributed by atoms with van der Waals surface area (Å²) < 4.78 is 10.9. The number of methoxy groups -OCH3 is 1. The van der Waals surface area contributed by atoms with Crippen LogP contribution in [0.1, 0.15) is 13.3 Å². The second-order valence-corrected chi connectivity index (χ2v) is 5.64. The van der Waals surface area contributed by atoms with Gasteiger partial charge in [0.15, 0.2) is 0 Å². The van der Waals surface area contributed by atoms with Gasteiger partial charge in [-0.3, -0.25) is 0 Å². The summed E-state index contributed by atoms with van der Waals surface area (Å²) in [7, 11) is 3.84. The van der Waals surface area contributed by atoms with Gasteiger partial charge < -0.3 is 19.7 Å². The normalized spacial score (nSPS) is 21.9. The molecule has 1 unspecified atom stereocenters. The quantitative estimate of drug-likeness (QED) is 0.828. The smallest absolute Gasteiger partial charge is 0.119 e. The molecular weight excluding hydrogens is 252 g/mol. The van der Waals surface area contributed by atoms with Crippen molar-refractivity contribution < 1.29 is 9.47 Å². The zero-order valence-corrected chi connectivity index (χ0v) is 12.8. The van der Waals surface area contributed by atoms with Crippen LogP contribution < -0.4 is 15.0 Å². The highest BCUT2D eigenvalue weighted by molar-refractivity contribution is 5.48. The lowest BCUT2D eigenvalue weighted by atomic mass is 9.86. The minimum Gasteiger partial charge on any atom is -0.497 e. The fourth-order valence-electron chi connectivity index (χ4n) is 2.79. The van der Waals surface area contributed by atoms with Gasteiger partial charge in [0.05, 0.1) is 13.7 Å². The molecule has 1 saturated heterocycles. The summed E-state index contributed by atoms with van der Waals surface area (Å²) in [5.74, 6) is 0.897. The van der Waals surface area contributed by atoms with Crippen molar-refractivity contribution in [1.82, 2.24) is 5.32 Å². The van der Waals surface area contributed by atoms with Crippen LogP contribution in [0.2, 0.25) is 0 Å². The van der Waals surface area contributed by atoms with Gasteiger partial charge in [-0.05, 0) is 37.2 Å². The topological polar surface area (TPSA) is 33.7 Å². The molecule has 1 aromatic carbocycles. The van der Waals surface area contributed by atoms with Crippen molar-refractivity contribution in [2.24, 2.45) is 5.41 Å². The van der Waals surface area contributed by atoms with E-state index in [0.717, 1.165) is 45.0 Å². The Hall–Kier alpha value is -1.26. The molecule has 2 rings (SSSR count). The third kappa shape index (κ3) is 3.64. The van der Waals surface area contributed by atoms with E-state index in [2.05, 4.69) is 36.3 Å². The molecule has 0 bridgehead atoms. The zero-order valence-electron chi connectivity index (χ0n) is 12.8. The van der Waals surface area contributed by atoms with Crippen molar-refractivity contribution in [1.29, 1.82) is 0 Å². The van der Waals surface area contributed by atoms with E-state index in [9.17, 15) is 0 Å². The third-order valence-corrected chi connectivity index (χ3v) is 4.02. The zero-order chi connectivity index (χ0) is 14.4. The molecule has 4 nitrogen and oxygen atoms in total. The van der Waals surface area contributed by atoms with E-state index in [1.165, 1.54) is 5.69 Å². The maximum atomic E-state index is 5.64. The molecule has 1 aliphatic rings. The Balaban J connectivity index is 2.01. The summed E-state index contributed by atoms with van der Waals surface area (Å²) in [6, 6.07) is 8.23. The van der Waals surface area contributed by atoms with Gasteiger partial charge in [0.2, 0.25) is 0 Å². The number of rotatable bonds is 7. The molecule has 0 amide bonds. The Morgan fingerprint density at radius 2 is 2.10 bits per heavy atom. The molecule has 1 aromatic rings. The second kappa shape index (κ2) is 6.95. The number of hydrogen-bond acceptors (Lipinski definition) is 4. The molecule has 1 heterocycles. The number of anilines is 1. The fourth-order valence-corrected chi connectivity index (χ4v) is 2.79. The van der Waals surface area contributed by atoms with Gasteiger partial charge in [0, 0.05) is 37.8 Å². The van der Waals surface area contributed by atoms with Crippen molar-refractivity contribution >= 4 is 5.69 Å². The maximum absolute atomic E-state index is 5.64. The number of ether oxygens (including phenoxy) is 2. The maximum Gasteiger partial charge on any atom is 0.119 e. The van der Waals surface area contributed by atoms with Crippen LogP contribution in [0.3, 0.4) is 0 Å². The SMILES string of the molecule is CCNCC1(CN(C)c2ccc(OC)cc2)CCOC1. The molecule has 112 valence electrons. The molecule has 0 radical (unpaired) electrons.